The highest BCUT2D eigenvalue weighted by Gasteiger charge is 2.19. The number of para-hydroxylation sites is 1. The SMILES string of the molecule is CCc1cccc2oc([N+](=O)[O-])nc12. The van der Waals surface area contributed by atoms with Gasteiger partial charge in [-0.3, -0.25) is 0 Å². The third-order valence-corrected chi connectivity index (χ3v) is 2.03. The van der Waals surface area contributed by atoms with Crippen molar-refractivity contribution < 1.29 is 9.34 Å². The average Bonchev–Trinajstić information content (AvgIpc) is 2.60. The quantitative estimate of drug-likeness (QED) is 0.540. The van der Waals surface area contributed by atoms with E-state index in [1.54, 1.807) is 12.1 Å². The lowest BCUT2D eigenvalue weighted by Gasteiger charge is -1.90. The number of aromatic nitrogens is 1. The van der Waals surface area contributed by atoms with E-state index in [0.29, 0.717) is 11.1 Å². The van der Waals surface area contributed by atoms with E-state index >= 15 is 0 Å². The molecule has 0 saturated heterocycles. The molecule has 5 heteroatoms. The second kappa shape index (κ2) is 3.10. The first-order valence-electron chi connectivity index (χ1n) is 4.25. The number of oxazole rings is 1. The van der Waals surface area contributed by atoms with E-state index in [2.05, 4.69) is 4.98 Å². The third kappa shape index (κ3) is 1.22. The van der Waals surface area contributed by atoms with E-state index in [1.807, 2.05) is 13.0 Å². The van der Waals surface area contributed by atoms with E-state index in [1.165, 1.54) is 0 Å². The molecular weight excluding hydrogens is 184 g/mol. The predicted molar refractivity (Wildman–Crippen MR) is 50.0 cm³/mol. The molecule has 0 spiro atoms. The van der Waals surface area contributed by atoms with E-state index in [0.717, 1.165) is 12.0 Å². The van der Waals surface area contributed by atoms with Gasteiger partial charge in [0.05, 0.1) is 0 Å². The standard InChI is InChI=1S/C9H8N2O3/c1-2-6-4-3-5-7-8(6)10-9(14-7)11(12)13/h3-5H,2H2,1H3. The minimum atomic E-state index is -0.626. The summed E-state index contributed by atoms with van der Waals surface area (Å²) in [7, 11) is 0. The third-order valence-electron chi connectivity index (χ3n) is 2.03. The molecule has 0 N–H and O–H groups in total. The monoisotopic (exact) mass is 192 g/mol. The molecule has 1 aromatic carbocycles. The summed E-state index contributed by atoms with van der Waals surface area (Å²) in [5, 5.41) is 10.4. The van der Waals surface area contributed by atoms with Crippen LogP contribution in [-0.4, -0.2) is 9.91 Å². The normalized spacial score (nSPS) is 10.6. The number of nitro groups is 1. The lowest BCUT2D eigenvalue weighted by atomic mass is 10.1. The van der Waals surface area contributed by atoms with Crippen molar-refractivity contribution >= 4 is 17.1 Å². The highest BCUT2D eigenvalue weighted by molar-refractivity contribution is 5.77. The summed E-state index contributed by atoms with van der Waals surface area (Å²) in [5.74, 6) is 0. The van der Waals surface area contributed by atoms with Gasteiger partial charge in [-0.25, -0.2) is 0 Å². The molecule has 0 aliphatic heterocycles. The molecule has 0 saturated carbocycles. The van der Waals surface area contributed by atoms with Gasteiger partial charge in [0.15, 0.2) is 5.58 Å². The number of hydrogen-bond donors (Lipinski definition) is 0. The Morgan fingerprint density at radius 1 is 1.57 bits per heavy atom. The number of rotatable bonds is 2. The number of benzene rings is 1. The van der Waals surface area contributed by atoms with E-state index in [-0.39, 0.29) is 0 Å². The molecule has 14 heavy (non-hydrogen) atoms. The van der Waals surface area contributed by atoms with Gasteiger partial charge in [0.1, 0.15) is 0 Å². The van der Waals surface area contributed by atoms with Gasteiger partial charge in [-0.2, -0.15) is 0 Å². The molecule has 1 aromatic heterocycles. The van der Waals surface area contributed by atoms with E-state index < -0.39 is 10.9 Å². The van der Waals surface area contributed by atoms with Gasteiger partial charge in [-0.05, 0) is 12.5 Å². The molecule has 0 fully saturated rings. The van der Waals surface area contributed by atoms with Gasteiger partial charge >= 0.3 is 6.01 Å². The van der Waals surface area contributed by atoms with E-state index in [9.17, 15) is 10.1 Å². The molecule has 2 rings (SSSR count). The Kier molecular flexibility index (Phi) is 1.92. The lowest BCUT2D eigenvalue weighted by molar-refractivity contribution is -0.406. The van der Waals surface area contributed by atoms with Gasteiger partial charge in [0.25, 0.3) is 0 Å². The van der Waals surface area contributed by atoms with Crippen LogP contribution < -0.4 is 0 Å². The highest BCUT2D eigenvalue weighted by Crippen LogP contribution is 2.23. The minimum absolute atomic E-state index is 0.444. The second-order valence-electron chi connectivity index (χ2n) is 2.87. The summed E-state index contributed by atoms with van der Waals surface area (Å²) in [4.78, 5) is 13.6. The molecule has 1 heterocycles. The van der Waals surface area contributed by atoms with Crippen molar-refractivity contribution in [2.75, 3.05) is 0 Å². The molecule has 72 valence electrons. The molecule has 0 aliphatic rings. The summed E-state index contributed by atoms with van der Waals surface area (Å²) in [6.07, 6.45) is 0.779. The maximum Gasteiger partial charge on any atom is 0.546 e. The topological polar surface area (TPSA) is 69.2 Å². The van der Waals surface area contributed by atoms with Gasteiger partial charge in [-0.1, -0.05) is 19.1 Å². The minimum Gasteiger partial charge on any atom is -0.381 e. The van der Waals surface area contributed by atoms with Crippen molar-refractivity contribution in [3.05, 3.63) is 33.9 Å². The van der Waals surface area contributed by atoms with Crippen LogP contribution in [0.25, 0.3) is 11.1 Å². The maximum absolute atomic E-state index is 10.4. The molecule has 0 bridgehead atoms. The fourth-order valence-corrected chi connectivity index (χ4v) is 1.36. The van der Waals surface area contributed by atoms with Gasteiger partial charge in [-0.15, -0.1) is 0 Å². The molecule has 0 radical (unpaired) electrons. The molecule has 0 unspecified atom stereocenters. The molecule has 0 atom stereocenters. The van der Waals surface area contributed by atoms with Crippen molar-refractivity contribution in [1.29, 1.82) is 0 Å². The van der Waals surface area contributed by atoms with Crippen molar-refractivity contribution in [2.24, 2.45) is 0 Å². The number of nitrogens with zero attached hydrogens (tertiary/aromatic N) is 2. The van der Waals surface area contributed by atoms with Crippen LogP contribution in [0.4, 0.5) is 6.01 Å². The zero-order chi connectivity index (χ0) is 10.1. The maximum atomic E-state index is 10.4. The van der Waals surface area contributed by atoms with Crippen LogP contribution in [-0.2, 0) is 6.42 Å². The Morgan fingerprint density at radius 2 is 2.36 bits per heavy atom. The zero-order valence-electron chi connectivity index (χ0n) is 7.56. The second-order valence-corrected chi connectivity index (χ2v) is 2.87. The van der Waals surface area contributed by atoms with Crippen LogP contribution in [0.15, 0.2) is 22.6 Å². The van der Waals surface area contributed by atoms with Crippen LogP contribution >= 0.6 is 0 Å². The Balaban J connectivity index is 2.70. The van der Waals surface area contributed by atoms with Crippen molar-refractivity contribution in [2.45, 2.75) is 13.3 Å². The summed E-state index contributed by atoms with van der Waals surface area (Å²) >= 11 is 0. The molecule has 2 aromatic rings. The number of hydrogen-bond acceptors (Lipinski definition) is 4. The average molecular weight is 192 g/mol. The summed E-state index contributed by atoms with van der Waals surface area (Å²) < 4.78 is 4.96. The van der Waals surface area contributed by atoms with Gasteiger partial charge in [0.2, 0.25) is 5.52 Å². The fourth-order valence-electron chi connectivity index (χ4n) is 1.36. The summed E-state index contributed by atoms with van der Waals surface area (Å²) in [6, 6.07) is 4.92. The first-order chi connectivity index (χ1) is 6.72. The first kappa shape index (κ1) is 8.68. The molecule has 5 nitrogen and oxygen atoms in total. The number of fused-ring (bicyclic) bond motifs is 1. The first-order valence-corrected chi connectivity index (χ1v) is 4.25. The van der Waals surface area contributed by atoms with Gasteiger partial charge < -0.3 is 14.5 Å². The predicted octanol–water partition coefficient (Wildman–Crippen LogP) is 2.30. The smallest absolute Gasteiger partial charge is 0.381 e. The summed E-state index contributed by atoms with van der Waals surface area (Å²) in [6.45, 7) is 1.97. The number of aryl methyl sites for hydroxylation is 1. The molecule has 0 amide bonds. The fraction of sp³-hybridized carbons (Fsp3) is 0.222. The Labute approximate surface area is 79.5 Å². The van der Waals surface area contributed by atoms with Crippen LogP contribution in [0.3, 0.4) is 0 Å². The molecular formula is C9H8N2O3. The Morgan fingerprint density at radius 3 is 3.00 bits per heavy atom. The van der Waals surface area contributed by atoms with Crippen LogP contribution in [0, 0.1) is 10.1 Å². The van der Waals surface area contributed by atoms with E-state index in [4.69, 9.17) is 4.42 Å². The lowest BCUT2D eigenvalue weighted by Crippen LogP contribution is -1.87. The molecule has 0 aliphatic carbocycles. The zero-order valence-corrected chi connectivity index (χ0v) is 7.56. The Hall–Kier alpha value is -1.91. The van der Waals surface area contributed by atoms with Crippen LogP contribution in [0.1, 0.15) is 12.5 Å². The summed E-state index contributed by atoms with van der Waals surface area (Å²) in [5.41, 5.74) is 2.01. The van der Waals surface area contributed by atoms with Crippen molar-refractivity contribution in [1.82, 2.24) is 4.98 Å². The van der Waals surface area contributed by atoms with Crippen molar-refractivity contribution in [3.8, 4) is 0 Å². The van der Waals surface area contributed by atoms with Crippen molar-refractivity contribution in [3.63, 3.8) is 0 Å². The van der Waals surface area contributed by atoms with Gasteiger partial charge in [0, 0.05) is 15.5 Å². The van der Waals surface area contributed by atoms with Crippen LogP contribution in [0.5, 0.6) is 0 Å². The highest BCUT2D eigenvalue weighted by atomic mass is 16.7. The Bertz CT molecular complexity index is 490. The largest absolute Gasteiger partial charge is 0.546 e. The van der Waals surface area contributed by atoms with Crippen LogP contribution in [0.2, 0.25) is 0 Å².